The van der Waals surface area contributed by atoms with Gasteiger partial charge in [-0.05, 0) is 12.8 Å². The van der Waals surface area contributed by atoms with Gasteiger partial charge in [-0.25, -0.2) is 27.2 Å². The van der Waals surface area contributed by atoms with Crippen molar-refractivity contribution < 1.29 is 36.2 Å². The lowest BCUT2D eigenvalue weighted by molar-refractivity contribution is -0.671. The van der Waals surface area contributed by atoms with Crippen molar-refractivity contribution >= 4 is 16.3 Å². The Morgan fingerprint density at radius 3 is 2.17 bits per heavy atom. The minimum absolute atomic E-state index is 0.0258. The largest absolute Gasteiger partial charge is 0.726 e. The number of carbonyl (C=O) groups excluding carboxylic acids is 1. The number of unbranched alkanes of at least 4 members (excludes halogenated alkanes) is 5. The lowest BCUT2D eigenvalue weighted by atomic mass is 10.1. The first-order valence-corrected chi connectivity index (χ1v) is 11.1. The monoisotopic (exact) mass is 437 g/mol. The van der Waals surface area contributed by atoms with Crippen LogP contribution >= 0.6 is 0 Å². The Kier molecular flexibility index (Phi) is 14.5. The van der Waals surface area contributed by atoms with Crippen molar-refractivity contribution in [1.82, 2.24) is 9.79 Å². The number of aromatic nitrogens is 2. The van der Waals surface area contributed by atoms with E-state index in [0.717, 1.165) is 18.1 Å². The van der Waals surface area contributed by atoms with E-state index < -0.39 is 10.4 Å². The van der Waals surface area contributed by atoms with Gasteiger partial charge in [0, 0.05) is 0 Å². The topological polar surface area (TPSA) is 114 Å². The molecular formula is C18H35N3O7S. The molecular weight excluding hydrogens is 402 g/mol. The van der Waals surface area contributed by atoms with Crippen molar-refractivity contribution in [2.24, 2.45) is 7.05 Å². The van der Waals surface area contributed by atoms with Crippen LogP contribution in [0.5, 0.6) is 0 Å². The quantitative estimate of drug-likeness (QED) is 0.152. The van der Waals surface area contributed by atoms with Crippen LogP contribution in [-0.4, -0.2) is 49.5 Å². The van der Waals surface area contributed by atoms with Gasteiger partial charge in [-0.15, -0.1) is 0 Å². The van der Waals surface area contributed by atoms with Crippen molar-refractivity contribution in [2.75, 3.05) is 20.8 Å². The number of hydrogen-bond acceptors (Lipinski definition) is 7. The Hall–Kier alpha value is -1.53. The molecule has 0 aromatic carbocycles. The third kappa shape index (κ3) is 12.6. The van der Waals surface area contributed by atoms with E-state index in [2.05, 4.69) is 11.1 Å². The first-order valence-electron chi connectivity index (χ1n) is 9.75. The number of nitrogens with zero attached hydrogens (tertiary/aromatic N) is 3. The average molecular weight is 438 g/mol. The summed E-state index contributed by atoms with van der Waals surface area (Å²) in [6.07, 6.45) is 12.4. The number of amides is 1. The molecule has 11 heteroatoms. The summed E-state index contributed by atoms with van der Waals surface area (Å²) in [6, 6.07) is -0.318. The van der Waals surface area contributed by atoms with Crippen molar-refractivity contribution in [3.05, 3.63) is 18.7 Å². The van der Waals surface area contributed by atoms with Crippen molar-refractivity contribution in [3.63, 3.8) is 0 Å². The predicted molar refractivity (Wildman–Crippen MR) is 105 cm³/mol. The van der Waals surface area contributed by atoms with Crippen LogP contribution < -0.4 is 4.57 Å². The zero-order valence-corrected chi connectivity index (χ0v) is 18.9. The molecule has 1 rings (SSSR count). The minimum Gasteiger partial charge on any atom is -0.726 e. The summed E-state index contributed by atoms with van der Waals surface area (Å²) < 4.78 is 37.7. The lowest BCUT2D eigenvalue weighted by Crippen LogP contribution is -2.36. The van der Waals surface area contributed by atoms with Crippen LogP contribution in [0.15, 0.2) is 18.7 Å². The highest BCUT2D eigenvalue weighted by Crippen LogP contribution is 2.14. The molecule has 0 aliphatic rings. The van der Waals surface area contributed by atoms with E-state index in [9.17, 15) is 17.8 Å². The minimum atomic E-state index is -4.47. The van der Waals surface area contributed by atoms with Gasteiger partial charge < -0.3 is 4.55 Å². The summed E-state index contributed by atoms with van der Waals surface area (Å²) >= 11 is 0. The van der Waals surface area contributed by atoms with Gasteiger partial charge in [-0.3, -0.25) is 8.98 Å². The van der Waals surface area contributed by atoms with E-state index >= 15 is 0 Å². The van der Waals surface area contributed by atoms with Crippen LogP contribution in [0.1, 0.15) is 64.8 Å². The van der Waals surface area contributed by atoms with Crippen LogP contribution in [-0.2, 0) is 36.1 Å². The molecule has 0 spiro atoms. The van der Waals surface area contributed by atoms with Crippen LogP contribution in [0, 0.1) is 0 Å². The maximum Gasteiger partial charge on any atom is 0.317 e. The van der Waals surface area contributed by atoms with Crippen molar-refractivity contribution in [1.29, 1.82) is 0 Å². The second-order valence-electron chi connectivity index (χ2n) is 6.41. The second kappa shape index (κ2) is 15.3. The molecule has 29 heavy (non-hydrogen) atoms. The Balaban J connectivity index is 0.000000555. The molecule has 10 nitrogen and oxygen atoms in total. The molecule has 1 unspecified atom stereocenters. The molecule has 0 aliphatic carbocycles. The molecule has 0 radical (unpaired) electrons. The van der Waals surface area contributed by atoms with Gasteiger partial charge in [0.15, 0.2) is 6.04 Å². The third-order valence-electron chi connectivity index (χ3n) is 4.06. The van der Waals surface area contributed by atoms with Gasteiger partial charge in [0.05, 0.1) is 27.9 Å². The smallest absolute Gasteiger partial charge is 0.317 e. The number of rotatable bonds is 13. The van der Waals surface area contributed by atoms with E-state index in [4.69, 9.17) is 9.68 Å². The normalized spacial score (nSPS) is 12.2. The maximum atomic E-state index is 12.0. The highest BCUT2D eigenvalue weighted by atomic mass is 32.3. The zero-order valence-electron chi connectivity index (χ0n) is 18.1. The summed E-state index contributed by atoms with van der Waals surface area (Å²) in [5.74, 6) is -0.233. The van der Waals surface area contributed by atoms with Gasteiger partial charge in [0.25, 0.3) is 0 Å². The summed E-state index contributed by atoms with van der Waals surface area (Å²) in [6.45, 7) is 4.09. The molecule has 0 aliphatic heterocycles. The van der Waals surface area contributed by atoms with Crippen molar-refractivity contribution in [2.45, 2.75) is 64.8 Å². The Morgan fingerprint density at radius 1 is 1.14 bits per heavy atom. The fraction of sp³-hybridized carbons (Fsp3) is 0.778. The van der Waals surface area contributed by atoms with Crippen LogP contribution in [0.25, 0.3) is 0 Å². The molecule has 1 aromatic heterocycles. The van der Waals surface area contributed by atoms with E-state index in [0.29, 0.717) is 12.8 Å². The van der Waals surface area contributed by atoms with Gasteiger partial charge in [0.1, 0.15) is 12.4 Å². The molecule has 170 valence electrons. The standard InChI is InChI=1S/C10H18N3O3.C8H18O4S/c1-5-9(10(14)13(15-3)16-4)12-7-6-11(2)8-12;1-2-3-4-5-6-7-8-12-13(9,10)11/h6-9H,5H2,1-4H3;2-8H2,1H3,(H,9,10,11)/q+1;/p-1. The molecule has 0 fully saturated rings. The number of hydroxylamine groups is 2. The summed E-state index contributed by atoms with van der Waals surface area (Å²) in [5.41, 5.74) is 0. The summed E-state index contributed by atoms with van der Waals surface area (Å²) in [4.78, 5) is 21.6. The number of hydrogen-bond donors (Lipinski definition) is 0. The van der Waals surface area contributed by atoms with E-state index in [1.54, 1.807) is 0 Å². The number of imidazole rings is 1. The second-order valence-corrected chi connectivity index (χ2v) is 7.46. The molecule has 1 atom stereocenters. The zero-order chi connectivity index (χ0) is 22.3. The SMILES string of the molecule is CCC(C(=O)N(OC)OC)n1cc[n+](C)c1.CCCCCCCCOS(=O)(=O)[O-]. The van der Waals surface area contributed by atoms with Gasteiger partial charge >= 0.3 is 5.91 Å². The number of aryl methyl sites for hydroxylation is 1. The van der Waals surface area contributed by atoms with Crippen LogP contribution in [0.2, 0.25) is 0 Å². The molecule has 1 amide bonds. The van der Waals surface area contributed by atoms with Gasteiger partial charge in [-0.1, -0.05) is 51.2 Å². The first-order chi connectivity index (χ1) is 13.7. The van der Waals surface area contributed by atoms with E-state index in [-0.39, 0.29) is 18.6 Å². The first kappa shape index (κ1) is 27.5. The third-order valence-corrected chi connectivity index (χ3v) is 4.51. The predicted octanol–water partition coefficient (Wildman–Crippen LogP) is 2.04. The fourth-order valence-corrected chi connectivity index (χ4v) is 2.91. The highest BCUT2D eigenvalue weighted by Gasteiger charge is 2.29. The molecule has 0 saturated carbocycles. The molecule has 0 bridgehead atoms. The van der Waals surface area contributed by atoms with E-state index in [1.165, 1.54) is 33.5 Å². The molecule has 0 saturated heterocycles. The Labute approximate surface area is 174 Å². The average Bonchev–Trinajstić information content (AvgIpc) is 3.08. The van der Waals surface area contributed by atoms with Crippen LogP contribution in [0.4, 0.5) is 0 Å². The Morgan fingerprint density at radius 2 is 1.72 bits per heavy atom. The molecule has 1 aromatic rings. The lowest BCUT2D eigenvalue weighted by Gasteiger charge is -2.19. The summed E-state index contributed by atoms with van der Waals surface area (Å²) in [5, 5.41) is 0.883. The van der Waals surface area contributed by atoms with Gasteiger partial charge in [0.2, 0.25) is 16.7 Å². The molecule has 0 N–H and O–H groups in total. The van der Waals surface area contributed by atoms with Crippen molar-refractivity contribution in [3.8, 4) is 0 Å². The fourth-order valence-electron chi connectivity index (χ4n) is 2.59. The number of carbonyl (C=O) groups is 1. The van der Waals surface area contributed by atoms with Crippen LogP contribution in [0.3, 0.4) is 0 Å². The molecule has 1 heterocycles. The highest BCUT2D eigenvalue weighted by molar-refractivity contribution is 7.80. The maximum absolute atomic E-state index is 12.0. The Bertz CT molecular complexity index is 660. The summed E-state index contributed by atoms with van der Waals surface area (Å²) in [7, 11) is 0.215. The van der Waals surface area contributed by atoms with E-state index in [1.807, 2.05) is 41.8 Å². The van der Waals surface area contributed by atoms with Gasteiger partial charge in [-0.2, -0.15) is 0 Å².